The van der Waals surface area contributed by atoms with Gasteiger partial charge in [0.25, 0.3) is 0 Å². The fraction of sp³-hybridized carbons (Fsp3) is 0.391. The van der Waals surface area contributed by atoms with Crippen molar-refractivity contribution in [3.05, 3.63) is 53.7 Å². The van der Waals surface area contributed by atoms with Crippen molar-refractivity contribution >= 4 is 32.7 Å². The van der Waals surface area contributed by atoms with Crippen LogP contribution in [0.5, 0.6) is 0 Å². The lowest BCUT2D eigenvalue weighted by molar-refractivity contribution is 0.0460. The number of hydrogen-bond donors (Lipinski definition) is 0. The molecule has 0 atom stereocenters. The first-order chi connectivity index (χ1) is 16.4. The standard InChI is InChI=1S/C23H26N6O4S/c1-3-28-19-9-8-17(34(31,32)27-11-5-4-6-12-27)14-18(19)25-20(28)15-33-23(30)21-16(2)26-29-13-7-10-24-22(21)29/h7-10,13-14H,3-6,11-12,15H2,1-2H3. The molecule has 3 aromatic heterocycles. The molecule has 1 saturated heterocycles. The molecule has 0 saturated carbocycles. The van der Waals surface area contributed by atoms with Crippen LogP contribution in [0.15, 0.2) is 41.6 Å². The largest absolute Gasteiger partial charge is 0.454 e. The molecule has 0 radical (unpaired) electrons. The van der Waals surface area contributed by atoms with Gasteiger partial charge in [-0.2, -0.15) is 9.40 Å². The van der Waals surface area contributed by atoms with Crippen molar-refractivity contribution in [1.82, 2.24) is 28.5 Å². The monoisotopic (exact) mass is 482 g/mol. The summed E-state index contributed by atoms with van der Waals surface area (Å²) >= 11 is 0. The van der Waals surface area contributed by atoms with E-state index in [1.807, 2.05) is 11.5 Å². The van der Waals surface area contributed by atoms with E-state index in [9.17, 15) is 13.2 Å². The van der Waals surface area contributed by atoms with Crippen molar-refractivity contribution in [1.29, 1.82) is 0 Å². The molecular formula is C23H26N6O4S. The van der Waals surface area contributed by atoms with Gasteiger partial charge in [-0.15, -0.1) is 0 Å². The van der Waals surface area contributed by atoms with Gasteiger partial charge in [-0.25, -0.2) is 27.7 Å². The Kier molecular flexibility index (Phi) is 5.82. The maximum Gasteiger partial charge on any atom is 0.344 e. The molecule has 10 nitrogen and oxygen atoms in total. The summed E-state index contributed by atoms with van der Waals surface area (Å²) in [5, 5.41) is 4.30. The topological polar surface area (TPSA) is 112 Å². The van der Waals surface area contributed by atoms with E-state index < -0.39 is 16.0 Å². The Balaban J connectivity index is 1.42. The maximum absolute atomic E-state index is 13.1. The molecule has 0 amide bonds. The Hall–Kier alpha value is -3.31. The molecule has 0 bridgehead atoms. The highest BCUT2D eigenvalue weighted by atomic mass is 32.2. The summed E-state index contributed by atoms with van der Waals surface area (Å²) < 4.78 is 36.8. The number of aryl methyl sites for hydroxylation is 2. The number of imidazole rings is 1. The predicted octanol–water partition coefficient (Wildman–Crippen LogP) is 2.94. The number of fused-ring (bicyclic) bond motifs is 2. The molecule has 1 aliphatic rings. The van der Waals surface area contributed by atoms with Gasteiger partial charge in [0.2, 0.25) is 10.0 Å². The Bertz CT molecular complexity index is 1480. The van der Waals surface area contributed by atoms with Crippen LogP contribution in [0.3, 0.4) is 0 Å². The number of benzene rings is 1. The number of nitrogens with zero attached hydrogens (tertiary/aromatic N) is 6. The molecule has 0 aliphatic carbocycles. The van der Waals surface area contributed by atoms with Crippen LogP contribution < -0.4 is 0 Å². The van der Waals surface area contributed by atoms with Crippen LogP contribution in [0.1, 0.15) is 48.1 Å². The minimum atomic E-state index is -3.56. The lowest BCUT2D eigenvalue weighted by Gasteiger charge is -2.25. The summed E-state index contributed by atoms with van der Waals surface area (Å²) in [6.07, 6.45) is 6.13. The summed E-state index contributed by atoms with van der Waals surface area (Å²) in [7, 11) is -3.56. The first-order valence-electron chi connectivity index (χ1n) is 11.4. The Labute approximate surface area is 197 Å². The number of aromatic nitrogens is 5. The van der Waals surface area contributed by atoms with Gasteiger partial charge in [0.15, 0.2) is 5.65 Å². The average molecular weight is 483 g/mol. The van der Waals surface area contributed by atoms with Gasteiger partial charge in [0.1, 0.15) is 18.0 Å². The van der Waals surface area contributed by atoms with Crippen molar-refractivity contribution in [2.75, 3.05) is 13.1 Å². The van der Waals surface area contributed by atoms with E-state index in [0.717, 1.165) is 24.8 Å². The van der Waals surface area contributed by atoms with E-state index in [1.54, 1.807) is 47.9 Å². The molecule has 11 heteroatoms. The number of rotatable bonds is 6. The molecule has 1 fully saturated rings. The van der Waals surface area contributed by atoms with Crippen LogP contribution in [0.4, 0.5) is 0 Å². The number of carbonyl (C=O) groups excluding carboxylic acids is 1. The Morgan fingerprint density at radius 1 is 1.18 bits per heavy atom. The molecule has 0 unspecified atom stereocenters. The van der Waals surface area contributed by atoms with E-state index >= 15 is 0 Å². The van der Waals surface area contributed by atoms with Crippen molar-refractivity contribution in [3.63, 3.8) is 0 Å². The highest BCUT2D eigenvalue weighted by Gasteiger charge is 2.27. The summed E-state index contributed by atoms with van der Waals surface area (Å²) in [5.41, 5.74) is 2.62. The molecule has 0 spiro atoms. The van der Waals surface area contributed by atoms with Gasteiger partial charge in [-0.1, -0.05) is 6.42 Å². The molecule has 34 heavy (non-hydrogen) atoms. The highest BCUT2D eigenvalue weighted by Crippen LogP contribution is 2.25. The molecule has 4 aromatic rings. The van der Waals surface area contributed by atoms with Gasteiger partial charge in [0, 0.05) is 32.0 Å². The van der Waals surface area contributed by atoms with E-state index in [1.165, 1.54) is 4.52 Å². The van der Waals surface area contributed by atoms with Gasteiger partial charge in [-0.05, 0) is 51.0 Å². The van der Waals surface area contributed by atoms with Crippen molar-refractivity contribution < 1.29 is 17.9 Å². The molecule has 4 heterocycles. The summed E-state index contributed by atoms with van der Waals surface area (Å²) in [6.45, 7) is 5.32. The number of piperidine rings is 1. The van der Waals surface area contributed by atoms with Crippen LogP contribution in [-0.4, -0.2) is 55.9 Å². The molecular weight excluding hydrogens is 456 g/mol. The third-order valence-electron chi connectivity index (χ3n) is 6.17. The Morgan fingerprint density at radius 3 is 2.74 bits per heavy atom. The minimum Gasteiger partial charge on any atom is -0.454 e. The van der Waals surface area contributed by atoms with Crippen LogP contribution in [0.25, 0.3) is 16.7 Å². The van der Waals surface area contributed by atoms with Crippen LogP contribution in [0, 0.1) is 6.92 Å². The third-order valence-corrected chi connectivity index (χ3v) is 8.07. The first-order valence-corrected chi connectivity index (χ1v) is 12.8. The third kappa shape index (κ3) is 3.84. The van der Waals surface area contributed by atoms with E-state index in [2.05, 4.69) is 15.1 Å². The number of ether oxygens (including phenoxy) is 1. The average Bonchev–Trinajstić information content (AvgIpc) is 3.38. The smallest absolute Gasteiger partial charge is 0.344 e. The normalized spacial score (nSPS) is 15.2. The second kappa shape index (κ2) is 8.80. The number of carbonyl (C=O) groups is 1. The fourth-order valence-corrected chi connectivity index (χ4v) is 6.01. The van der Waals surface area contributed by atoms with Gasteiger partial charge in [0.05, 0.1) is 21.6 Å². The first kappa shape index (κ1) is 22.5. The predicted molar refractivity (Wildman–Crippen MR) is 125 cm³/mol. The summed E-state index contributed by atoms with van der Waals surface area (Å²) in [4.78, 5) is 21.9. The number of hydrogen-bond acceptors (Lipinski definition) is 7. The van der Waals surface area contributed by atoms with Crippen LogP contribution in [0.2, 0.25) is 0 Å². The van der Waals surface area contributed by atoms with Gasteiger partial charge >= 0.3 is 5.97 Å². The zero-order valence-electron chi connectivity index (χ0n) is 19.1. The summed E-state index contributed by atoms with van der Waals surface area (Å²) in [6, 6.07) is 6.74. The highest BCUT2D eigenvalue weighted by molar-refractivity contribution is 7.89. The van der Waals surface area contributed by atoms with E-state index in [0.29, 0.717) is 47.9 Å². The SMILES string of the molecule is CCn1c(COC(=O)c2c(C)nn3cccnc23)nc2cc(S(=O)(=O)N3CCCCC3)ccc21. The minimum absolute atomic E-state index is 0.0564. The summed E-state index contributed by atoms with van der Waals surface area (Å²) in [5.74, 6) is 0.00901. The molecule has 0 N–H and O–H groups in total. The van der Waals surface area contributed by atoms with E-state index in [4.69, 9.17) is 4.74 Å². The number of sulfonamides is 1. The second-order valence-electron chi connectivity index (χ2n) is 8.31. The van der Waals surface area contributed by atoms with Crippen LogP contribution in [-0.2, 0) is 27.9 Å². The lowest BCUT2D eigenvalue weighted by atomic mass is 10.2. The van der Waals surface area contributed by atoms with Gasteiger partial charge in [-0.3, -0.25) is 0 Å². The molecule has 5 rings (SSSR count). The zero-order chi connectivity index (χ0) is 23.9. The van der Waals surface area contributed by atoms with Crippen molar-refractivity contribution in [3.8, 4) is 0 Å². The molecule has 1 aliphatic heterocycles. The van der Waals surface area contributed by atoms with Crippen LogP contribution >= 0.6 is 0 Å². The van der Waals surface area contributed by atoms with Gasteiger partial charge < -0.3 is 9.30 Å². The Morgan fingerprint density at radius 2 is 1.97 bits per heavy atom. The molecule has 1 aromatic carbocycles. The lowest BCUT2D eigenvalue weighted by Crippen LogP contribution is -2.35. The quantitative estimate of drug-likeness (QED) is 0.388. The number of esters is 1. The van der Waals surface area contributed by atoms with Crippen molar-refractivity contribution in [2.24, 2.45) is 0 Å². The fourth-order valence-electron chi connectivity index (χ4n) is 4.48. The molecule has 178 valence electrons. The zero-order valence-corrected chi connectivity index (χ0v) is 20.0. The maximum atomic E-state index is 13.1. The second-order valence-corrected chi connectivity index (χ2v) is 10.2. The van der Waals surface area contributed by atoms with E-state index in [-0.39, 0.29) is 11.5 Å². The van der Waals surface area contributed by atoms with Crippen molar-refractivity contribution in [2.45, 2.75) is 51.2 Å².